The van der Waals surface area contributed by atoms with Crippen molar-refractivity contribution in [3.05, 3.63) is 27.7 Å². The molecule has 0 heterocycles. The van der Waals surface area contributed by atoms with Crippen molar-refractivity contribution in [1.82, 2.24) is 0 Å². The van der Waals surface area contributed by atoms with E-state index in [2.05, 4.69) is 15.9 Å². The molecule has 1 rings (SSSR count). The van der Waals surface area contributed by atoms with Crippen LogP contribution in [0.25, 0.3) is 0 Å². The number of rotatable bonds is 4. The number of methoxy groups -OCH3 is 1. The van der Waals surface area contributed by atoms with E-state index < -0.39 is 5.97 Å². The first kappa shape index (κ1) is 13.0. The van der Waals surface area contributed by atoms with Crippen LogP contribution in [0.1, 0.15) is 30.4 Å². The average molecular weight is 287 g/mol. The van der Waals surface area contributed by atoms with Gasteiger partial charge in [-0.3, -0.25) is 4.79 Å². The molecule has 0 radical (unpaired) electrons. The van der Waals surface area contributed by atoms with Crippen LogP contribution in [0.15, 0.2) is 16.6 Å². The molecule has 1 atom stereocenters. The lowest BCUT2D eigenvalue weighted by molar-refractivity contribution is -0.137. The lowest BCUT2D eigenvalue weighted by atomic mass is 9.95. The Labute approximate surface area is 104 Å². The van der Waals surface area contributed by atoms with Crippen LogP contribution in [-0.2, 0) is 4.79 Å². The van der Waals surface area contributed by atoms with Crippen molar-refractivity contribution < 1.29 is 14.6 Å². The zero-order valence-corrected chi connectivity index (χ0v) is 11.2. The van der Waals surface area contributed by atoms with Crippen LogP contribution >= 0.6 is 15.9 Å². The number of benzene rings is 1. The highest BCUT2D eigenvalue weighted by Gasteiger charge is 2.19. The normalized spacial score (nSPS) is 12.2. The van der Waals surface area contributed by atoms with Crippen LogP contribution in [0.5, 0.6) is 5.75 Å². The summed E-state index contributed by atoms with van der Waals surface area (Å²) in [4.78, 5) is 10.7. The smallest absolute Gasteiger partial charge is 0.303 e. The van der Waals surface area contributed by atoms with Crippen molar-refractivity contribution in [2.24, 2.45) is 0 Å². The van der Waals surface area contributed by atoms with Gasteiger partial charge in [-0.1, -0.05) is 28.9 Å². The van der Waals surface area contributed by atoms with Gasteiger partial charge in [0.1, 0.15) is 5.75 Å². The molecule has 0 saturated heterocycles. The number of carbonyl (C=O) groups is 1. The molecule has 0 aliphatic carbocycles. The molecule has 0 fully saturated rings. The minimum Gasteiger partial charge on any atom is -0.496 e. The first-order valence-electron chi connectivity index (χ1n) is 5.02. The highest BCUT2D eigenvalue weighted by Crippen LogP contribution is 2.37. The van der Waals surface area contributed by atoms with Gasteiger partial charge in [0.15, 0.2) is 0 Å². The summed E-state index contributed by atoms with van der Waals surface area (Å²) in [6.07, 6.45) is 0.0956. The summed E-state index contributed by atoms with van der Waals surface area (Å²) >= 11 is 3.44. The van der Waals surface area contributed by atoms with Gasteiger partial charge in [0.05, 0.1) is 13.5 Å². The Balaban J connectivity index is 3.19. The van der Waals surface area contributed by atoms with Gasteiger partial charge in [0, 0.05) is 10.0 Å². The molecule has 0 aliphatic rings. The molecular formula is C12H15BrO3. The number of carboxylic acid groups (broad SMARTS) is 1. The molecule has 3 nitrogen and oxygen atoms in total. The molecule has 1 aromatic rings. The van der Waals surface area contributed by atoms with Crippen LogP contribution in [0, 0.1) is 6.92 Å². The Morgan fingerprint density at radius 2 is 2.19 bits per heavy atom. The molecule has 0 aliphatic heterocycles. The van der Waals surface area contributed by atoms with E-state index in [4.69, 9.17) is 9.84 Å². The molecule has 0 bridgehead atoms. The molecule has 0 amide bonds. The maximum atomic E-state index is 10.7. The van der Waals surface area contributed by atoms with E-state index in [1.807, 2.05) is 26.0 Å². The molecule has 0 aromatic heterocycles. The second-order valence-electron chi connectivity index (χ2n) is 3.81. The van der Waals surface area contributed by atoms with Crippen LogP contribution < -0.4 is 4.74 Å². The predicted molar refractivity (Wildman–Crippen MR) is 66.1 cm³/mol. The third-order valence-corrected chi connectivity index (χ3v) is 3.21. The summed E-state index contributed by atoms with van der Waals surface area (Å²) in [6, 6.07) is 3.87. The first-order chi connectivity index (χ1) is 7.47. The van der Waals surface area contributed by atoms with Crippen molar-refractivity contribution in [3.63, 3.8) is 0 Å². The summed E-state index contributed by atoms with van der Waals surface area (Å²) < 4.78 is 6.23. The van der Waals surface area contributed by atoms with E-state index in [1.54, 1.807) is 7.11 Å². The van der Waals surface area contributed by atoms with Crippen LogP contribution in [0.3, 0.4) is 0 Å². The summed E-state index contributed by atoms with van der Waals surface area (Å²) in [5.74, 6) is -0.118. The molecule has 4 heteroatoms. The highest BCUT2D eigenvalue weighted by molar-refractivity contribution is 9.10. The fourth-order valence-electron chi connectivity index (χ4n) is 1.78. The number of aryl methyl sites for hydroxylation is 1. The monoisotopic (exact) mass is 286 g/mol. The molecule has 1 N–H and O–H groups in total. The summed E-state index contributed by atoms with van der Waals surface area (Å²) in [5.41, 5.74) is 1.93. The lowest BCUT2D eigenvalue weighted by Crippen LogP contribution is -2.06. The number of hydrogen-bond donors (Lipinski definition) is 1. The van der Waals surface area contributed by atoms with Crippen molar-refractivity contribution >= 4 is 21.9 Å². The van der Waals surface area contributed by atoms with E-state index in [-0.39, 0.29) is 12.3 Å². The second-order valence-corrected chi connectivity index (χ2v) is 4.66. The van der Waals surface area contributed by atoms with Gasteiger partial charge in [-0.05, 0) is 24.5 Å². The highest BCUT2D eigenvalue weighted by atomic mass is 79.9. The van der Waals surface area contributed by atoms with Gasteiger partial charge in [0.25, 0.3) is 0 Å². The molecule has 16 heavy (non-hydrogen) atoms. The SMILES string of the molecule is COc1c(C)ccc(Br)c1C(C)CC(=O)O. The van der Waals surface area contributed by atoms with Crippen LogP contribution in [0.2, 0.25) is 0 Å². The molecule has 0 saturated carbocycles. The number of halogens is 1. The fraction of sp³-hybridized carbons (Fsp3) is 0.417. The Morgan fingerprint density at radius 1 is 1.56 bits per heavy atom. The van der Waals surface area contributed by atoms with Gasteiger partial charge in [-0.2, -0.15) is 0 Å². The van der Waals surface area contributed by atoms with Crippen molar-refractivity contribution in [3.8, 4) is 5.75 Å². The van der Waals surface area contributed by atoms with Crippen molar-refractivity contribution in [2.75, 3.05) is 7.11 Å². The largest absolute Gasteiger partial charge is 0.496 e. The van der Waals surface area contributed by atoms with Gasteiger partial charge in [-0.25, -0.2) is 0 Å². The Kier molecular flexibility index (Phi) is 4.35. The third-order valence-electron chi connectivity index (χ3n) is 2.52. The third kappa shape index (κ3) is 2.76. The lowest BCUT2D eigenvalue weighted by Gasteiger charge is -2.17. The number of carboxylic acids is 1. The molecule has 1 unspecified atom stereocenters. The maximum Gasteiger partial charge on any atom is 0.303 e. The fourth-order valence-corrected chi connectivity index (χ4v) is 2.48. The van der Waals surface area contributed by atoms with Gasteiger partial charge < -0.3 is 9.84 Å². The van der Waals surface area contributed by atoms with Crippen molar-refractivity contribution in [2.45, 2.75) is 26.2 Å². The predicted octanol–water partition coefficient (Wildman–Crippen LogP) is 3.34. The zero-order chi connectivity index (χ0) is 12.3. The molecule has 88 valence electrons. The Bertz CT molecular complexity index is 401. The number of ether oxygens (including phenoxy) is 1. The minimum absolute atomic E-state index is 0.0817. The van der Waals surface area contributed by atoms with E-state index in [1.165, 1.54) is 0 Å². The summed E-state index contributed by atoms with van der Waals surface area (Å²) in [7, 11) is 1.60. The van der Waals surface area contributed by atoms with E-state index in [0.29, 0.717) is 0 Å². The Morgan fingerprint density at radius 3 is 2.69 bits per heavy atom. The zero-order valence-electron chi connectivity index (χ0n) is 9.58. The second kappa shape index (κ2) is 5.34. The van der Waals surface area contributed by atoms with Crippen LogP contribution in [0.4, 0.5) is 0 Å². The summed E-state index contributed by atoms with van der Waals surface area (Å²) in [5, 5.41) is 8.81. The molecule has 1 aromatic carbocycles. The van der Waals surface area contributed by atoms with Crippen LogP contribution in [-0.4, -0.2) is 18.2 Å². The minimum atomic E-state index is -0.803. The van der Waals surface area contributed by atoms with E-state index in [9.17, 15) is 4.79 Å². The van der Waals surface area contributed by atoms with Gasteiger partial charge in [-0.15, -0.1) is 0 Å². The van der Waals surface area contributed by atoms with Gasteiger partial charge >= 0.3 is 5.97 Å². The quantitative estimate of drug-likeness (QED) is 0.923. The van der Waals surface area contributed by atoms with Crippen molar-refractivity contribution in [1.29, 1.82) is 0 Å². The van der Waals surface area contributed by atoms with E-state index >= 15 is 0 Å². The Hall–Kier alpha value is -1.03. The van der Waals surface area contributed by atoms with Gasteiger partial charge in [0.2, 0.25) is 0 Å². The molecule has 0 spiro atoms. The number of hydrogen-bond acceptors (Lipinski definition) is 2. The average Bonchev–Trinajstić information content (AvgIpc) is 2.19. The first-order valence-corrected chi connectivity index (χ1v) is 5.81. The molecular weight excluding hydrogens is 272 g/mol. The standard InChI is InChI=1S/C12H15BrO3/c1-7-4-5-9(13)11(12(7)16-3)8(2)6-10(14)15/h4-5,8H,6H2,1-3H3,(H,14,15). The number of aliphatic carboxylic acids is 1. The summed E-state index contributed by atoms with van der Waals surface area (Å²) in [6.45, 7) is 3.83. The van der Waals surface area contributed by atoms with E-state index in [0.717, 1.165) is 21.3 Å². The maximum absolute atomic E-state index is 10.7. The topological polar surface area (TPSA) is 46.5 Å².